The molecule has 2 N–H and O–H groups in total. The molecule has 2 rings (SSSR count). The van der Waals surface area contributed by atoms with Crippen molar-refractivity contribution in [3.8, 4) is 0 Å². The van der Waals surface area contributed by atoms with E-state index in [9.17, 15) is 13.9 Å². The number of aliphatic hydroxyl groups is 1. The highest BCUT2D eigenvalue weighted by Crippen LogP contribution is 2.33. The van der Waals surface area contributed by atoms with Crippen LogP contribution in [0.4, 0.5) is 20.3 Å². The lowest BCUT2D eigenvalue weighted by atomic mass is 9.26. The van der Waals surface area contributed by atoms with Gasteiger partial charge in [-0.05, 0) is 18.2 Å². The van der Waals surface area contributed by atoms with E-state index < -0.39 is 22.6 Å². The molecule has 0 saturated heterocycles. The lowest BCUT2D eigenvalue weighted by molar-refractivity contribution is 0.146. The van der Waals surface area contributed by atoms with Crippen molar-refractivity contribution in [2.45, 2.75) is 16.9 Å². The second-order valence-electron chi connectivity index (χ2n) is 6.11. The van der Waals surface area contributed by atoms with Crippen molar-refractivity contribution in [2.24, 2.45) is 10.2 Å². The number of anilines is 1. The van der Waals surface area contributed by atoms with Gasteiger partial charge in [-0.3, -0.25) is 4.98 Å². The van der Waals surface area contributed by atoms with Gasteiger partial charge in [-0.25, -0.2) is 13.8 Å². The molecule has 0 aliphatic carbocycles. The SMILES string of the molecule is [B]C([B])([B])C([B])([B])Nc1ccc(N=NC)c(/C(=C/O)c2ccc(C(F)F)nc2)n1. The minimum absolute atomic E-state index is 0.0993. The summed E-state index contributed by atoms with van der Waals surface area (Å²) in [7, 11) is 29.7. The van der Waals surface area contributed by atoms with E-state index in [2.05, 4.69) is 25.5 Å². The average Bonchev–Trinajstić information content (AvgIpc) is 2.63. The molecule has 0 aliphatic rings. The molecule has 0 amide bonds. The van der Waals surface area contributed by atoms with Gasteiger partial charge in [-0.2, -0.15) is 10.2 Å². The Morgan fingerprint density at radius 2 is 1.86 bits per heavy atom. The molecule has 0 atom stereocenters. The Kier molecular flexibility index (Phi) is 6.92. The summed E-state index contributed by atoms with van der Waals surface area (Å²) in [6, 6.07) is 5.44. The molecular weight excluding hydrogens is 370 g/mol. The average molecular weight is 382 g/mol. The maximum atomic E-state index is 12.7. The Morgan fingerprint density at radius 3 is 2.34 bits per heavy atom. The summed E-state index contributed by atoms with van der Waals surface area (Å²) in [5.74, 6) is 0.0993. The molecular formula is C16H12B5F2N5O. The van der Waals surface area contributed by atoms with Crippen LogP contribution >= 0.6 is 0 Å². The molecule has 2 aromatic rings. The summed E-state index contributed by atoms with van der Waals surface area (Å²) in [4.78, 5) is 7.97. The normalized spacial score (nSPS) is 13.2. The molecule has 0 fully saturated rings. The fraction of sp³-hybridized carbons (Fsp3) is 0.250. The zero-order valence-corrected chi connectivity index (χ0v) is 15.4. The van der Waals surface area contributed by atoms with Crippen LogP contribution in [0.3, 0.4) is 0 Å². The van der Waals surface area contributed by atoms with Crippen LogP contribution in [0.1, 0.15) is 23.4 Å². The first-order chi connectivity index (χ1) is 13.5. The van der Waals surface area contributed by atoms with Crippen molar-refractivity contribution in [1.29, 1.82) is 0 Å². The Balaban J connectivity index is 2.52. The minimum atomic E-state index is -2.73. The van der Waals surface area contributed by atoms with Crippen LogP contribution in [0.15, 0.2) is 47.0 Å². The second kappa shape index (κ2) is 8.84. The zero-order valence-electron chi connectivity index (χ0n) is 15.4. The van der Waals surface area contributed by atoms with Gasteiger partial charge in [0.05, 0.1) is 45.5 Å². The predicted molar refractivity (Wildman–Crippen MR) is 111 cm³/mol. The molecule has 0 saturated carbocycles. The molecule has 2 heterocycles. The summed E-state index contributed by atoms with van der Waals surface area (Å²) >= 11 is 0. The molecule has 136 valence electrons. The lowest BCUT2D eigenvalue weighted by Crippen LogP contribution is -2.52. The molecule has 0 bridgehead atoms. The van der Waals surface area contributed by atoms with Crippen LogP contribution in [0, 0.1) is 0 Å². The van der Waals surface area contributed by atoms with Gasteiger partial charge >= 0.3 is 0 Å². The third-order valence-corrected chi connectivity index (χ3v) is 3.84. The number of nitrogens with zero attached hydrogens (tertiary/aromatic N) is 4. The van der Waals surface area contributed by atoms with Crippen molar-refractivity contribution in [1.82, 2.24) is 9.97 Å². The lowest BCUT2D eigenvalue weighted by Gasteiger charge is -2.43. The maximum Gasteiger partial charge on any atom is 0.280 e. The van der Waals surface area contributed by atoms with Crippen molar-refractivity contribution < 1.29 is 13.9 Å². The number of aliphatic hydroxyl groups excluding tert-OH is 1. The molecule has 2 aromatic heterocycles. The molecule has 0 aromatic carbocycles. The number of nitrogens with one attached hydrogen (secondary N) is 1. The van der Waals surface area contributed by atoms with Gasteiger partial charge in [-0.15, -0.1) is 5.11 Å². The summed E-state index contributed by atoms with van der Waals surface area (Å²) in [5, 5.41) is 16.1. The molecule has 10 radical (unpaired) electrons. The van der Waals surface area contributed by atoms with E-state index in [1.54, 1.807) is 0 Å². The topological polar surface area (TPSA) is 82.8 Å². The van der Waals surface area contributed by atoms with Crippen LogP contribution in [-0.2, 0) is 0 Å². The first-order valence-electron chi connectivity index (χ1n) is 8.13. The number of hydrogen-bond donors (Lipinski definition) is 2. The largest absolute Gasteiger partial charge is 0.515 e. The summed E-state index contributed by atoms with van der Waals surface area (Å²) in [6.07, 6.45) is -0.831. The standard InChI is InChI=1S/C16H12B5F2N5O/c1-24-28-10-4-5-12(27-16(20,21)15(17,18)19)26-13(10)9(7-29)8-2-3-11(14(22)23)25-6-8/h2-7,14,29H,1H3,(H,26,27)/b9-7+,28-24?. The van der Waals surface area contributed by atoms with Gasteiger partial charge in [0.2, 0.25) is 0 Å². The summed E-state index contributed by atoms with van der Waals surface area (Å²) in [5.41, 5.74) is 0.400. The van der Waals surface area contributed by atoms with Gasteiger partial charge in [0.1, 0.15) is 22.9 Å². The predicted octanol–water partition coefficient (Wildman–Crippen LogP) is 2.06. The van der Waals surface area contributed by atoms with Crippen molar-refractivity contribution in [3.63, 3.8) is 0 Å². The van der Waals surface area contributed by atoms with Gasteiger partial charge in [0, 0.05) is 24.4 Å². The molecule has 0 spiro atoms. The fourth-order valence-corrected chi connectivity index (χ4v) is 2.19. The Labute approximate surface area is 173 Å². The molecule has 0 unspecified atom stereocenters. The van der Waals surface area contributed by atoms with Crippen LogP contribution in [0.2, 0.25) is 5.11 Å². The van der Waals surface area contributed by atoms with E-state index in [1.165, 1.54) is 31.4 Å². The van der Waals surface area contributed by atoms with Gasteiger partial charge in [-0.1, -0.05) is 11.4 Å². The molecule has 0 aliphatic heterocycles. The number of hydrogen-bond acceptors (Lipinski definition) is 6. The number of aromatic nitrogens is 2. The monoisotopic (exact) mass is 383 g/mol. The Bertz CT molecular complexity index is 917. The van der Waals surface area contributed by atoms with Crippen LogP contribution in [0.25, 0.3) is 5.57 Å². The van der Waals surface area contributed by atoms with E-state index in [-0.39, 0.29) is 22.8 Å². The number of halogens is 2. The fourth-order valence-electron chi connectivity index (χ4n) is 2.19. The summed E-state index contributed by atoms with van der Waals surface area (Å²) < 4.78 is 25.5. The van der Waals surface area contributed by atoms with E-state index in [4.69, 9.17) is 39.2 Å². The third kappa shape index (κ3) is 5.28. The highest BCUT2D eigenvalue weighted by atomic mass is 19.3. The third-order valence-electron chi connectivity index (χ3n) is 3.84. The summed E-state index contributed by atoms with van der Waals surface area (Å²) in [6.45, 7) is 0. The van der Waals surface area contributed by atoms with Gasteiger partial charge < -0.3 is 10.4 Å². The van der Waals surface area contributed by atoms with Crippen LogP contribution in [0.5, 0.6) is 0 Å². The van der Waals surface area contributed by atoms with E-state index in [0.29, 0.717) is 5.56 Å². The maximum absolute atomic E-state index is 12.7. The second-order valence-corrected chi connectivity index (χ2v) is 6.11. The Morgan fingerprint density at radius 1 is 1.17 bits per heavy atom. The number of azo groups is 1. The van der Waals surface area contributed by atoms with Gasteiger partial charge in [0.15, 0.2) is 0 Å². The minimum Gasteiger partial charge on any atom is -0.515 e. The highest BCUT2D eigenvalue weighted by Gasteiger charge is 2.30. The number of pyridine rings is 2. The van der Waals surface area contributed by atoms with Crippen molar-refractivity contribution in [2.75, 3.05) is 12.4 Å². The molecule has 29 heavy (non-hydrogen) atoms. The quantitative estimate of drug-likeness (QED) is 0.436. The van der Waals surface area contributed by atoms with E-state index in [1.807, 2.05) is 0 Å². The van der Waals surface area contributed by atoms with Crippen molar-refractivity contribution >= 4 is 56.3 Å². The zero-order chi connectivity index (χ0) is 21.8. The van der Waals surface area contributed by atoms with Crippen LogP contribution in [-0.4, -0.2) is 66.7 Å². The number of alkyl halides is 2. The molecule has 6 nitrogen and oxygen atoms in total. The van der Waals surface area contributed by atoms with E-state index >= 15 is 0 Å². The number of rotatable bonds is 7. The van der Waals surface area contributed by atoms with Crippen LogP contribution < -0.4 is 5.32 Å². The van der Waals surface area contributed by atoms with E-state index in [0.717, 1.165) is 12.3 Å². The highest BCUT2D eigenvalue weighted by molar-refractivity contribution is 6.67. The first kappa shape index (κ1) is 22.7. The van der Waals surface area contributed by atoms with Crippen molar-refractivity contribution in [3.05, 3.63) is 53.7 Å². The first-order valence-corrected chi connectivity index (χ1v) is 8.13. The smallest absolute Gasteiger partial charge is 0.280 e. The van der Waals surface area contributed by atoms with Gasteiger partial charge in [0.25, 0.3) is 6.43 Å². The molecule has 13 heteroatoms. The Hall–Kier alpha value is -2.58.